The van der Waals surface area contributed by atoms with Crippen LogP contribution in [0.5, 0.6) is 0 Å². The molecule has 0 radical (unpaired) electrons. The van der Waals surface area contributed by atoms with Gasteiger partial charge in [-0.05, 0) is 24.1 Å². The van der Waals surface area contributed by atoms with Crippen molar-refractivity contribution in [2.24, 2.45) is 0 Å². The van der Waals surface area contributed by atoms with E-state index in [1.807, 2.05) is 25.1 Å². The Hall–Kier alpha value is -2.47. The Balaban J connectivity index is 1.73. The molecule has 0 fully saturated rings. The molecule has 7 heteroatoms. The lowest BCUT2D eigenvalue weighted by Gasteiger charge is -2.08. The van der Waals surface area contributed by atoms with E-state index in [2.05, 4.69) is 25.4 Å². The predicted molar refractivity (Wildman–Crippen MR) is 80.5 cm³/mol. The van der Waals surface area contributed by atoms with Gasteiger partial charge in [0.15, 0.2) is 5.82 Å². The maximum Gasteiger partial charge on any atom is 0.175 e. The maximum absolute atomic E-state index is 6.02. The molecule has 0 aliphatic heterocycles. The predicted octanol–water partition coefficient (Wildman–Crippen LogP) is 2.63. The monoisotopic (exact) mass is 300 g/mol. The summed E-state index contributed by atoms with van der Waals surface area (Å²) in [6.07, 6.45) is 6.34. The summed E-state index contributed by atoms with van der Waals surface area (Å²) in [6, 6.07) is 5.92. The lowest BCUT2D eigenvalue weighted by molar-refractivity contribution is 0.835. The van der Waals surface area contributed by atoms with Crippen molar-refractivity contribution in [1.82, 2.24) is 24.7 Å². The SMILES string of the molecule is Cc1cc(CNc2cncc(-n3cncn3)n2)ccc1Cl. The van der Waals surface area contributed by atoms with Gasteiger partial charge in [0.25, 0.3) is 0 Å². The summed E-state index contributed by atoms with van der Waals surface area (Å²) in [5.41, 5.74) is 2.18. The second kappa shape index (κ2) is 5.88. The fraction of sp³-hybridized carbons (Fsp3) is 0.143. The van der Waals surface area contributed by atoms with Gasteiger partial charge in [-0.1, -0.05) is 23.7 Å². The van der Waals surface area contributed by atoms with Crippen molar-refractivity contribution in [3.05, 3.63) is 59.4 Å². The van der Waals surface area contributed by atoms with Gasteiger partial charge in [-0.25, -0.2) is 14.6 Å². The first-order valence-electron chi connectivity index (χ1n) is 6.38. The summed E-state index contributed by atoms with van der Waals surface area (Å²) in [5.74, 6) is 1.29. The summed E-state index contributed by atoms with van der Waals surface area (Å²) in [6.45, 7) is 2.63. The van der Waals surface area contributed by atoms with Crippen molar-refractivity contribution < 1.29 is 0 Å². The van der Waals surface area contributed by atoms with Gasteiger partial charge in [0.2, 0.25) is 0 Å². The number of aryl methyl sites for hydroxylation is 1. The molecule has 0 aliphatic carbocycles. The van der Waals surface area contributed by atoms with E-state index < -0.39 is 0 Å². The van der Waals surface area contributed by atoms with E-state index in [9.17, 15) is 0 Å². The summed E-state index contributed by atoms with van der Waals surface area (Å²) < 4.78 is 1.56. The smallest absolute Gasteiger partial charge is 0.175 e. The van der Waals surface area contributed by atoms with E-state index >= 15 is 0 Å². The van der Waals surface area contributed by atoms with Crippen molar-refractivity contribution in [2.75, 3.05) is 5.32 Å². The van der Waals surface area contributed by atoms with E-state index in [0.29, 0.717) is 18.2 Å². The molecule has 0 saturated carbocycles. The lowest BCUT2D eigenvalue weighted by Crippen LogP contribution is -2.05. The highest BCUT2D eigenvalue weighted by molar-refractivity contribution is 6.31. The Morgan fingerprint density at radius 1 is 1.24 bits per heavy atom. The molecule has 0 bridgehead atoms. The van der Waals surface area contributed by atoms with Crippen LogP contribution in [0, 0.1) is 6.92 Å². The Morgan fingerprint density at radius 3 is 2.90 bits per heavy atom. The zero-order valence-corrected chi connectivity index (χ0v) is 12.1. The second-order valence-corrected chi connectivity index (χ2v) is 4.95. The highest BCUT2D eigenvalue weighted by Crippen LogP contribution is 2.17. The van der Waals surface area contributed by atoms with Crippen LogP contribution in [0.1, 0.15) is 11.1 Å². The number of aromatic nitrogens is 5. The topological polar surface area (TPSA) is 68.5 Å². The molecule has 0 atom stereocenters. The minimum atomic E-state index is 0.616. The molecule has 2 heterocycles. The highest BCUT2D eigenvalue weighted by Gasteiger charge is 2.02. The third-order valence-electron chi connectivity index (χ3n) is 2.97. The highest BCUT2D eigenvalue weighted by atomic mass is 35.5. The molecule has 106 valence electrons. The molecule has 0 saturated heterocycles. The first-order chi connectivity index (χ1) is 10.2. The van der Waals surface area contributed by atoms with Crippen molar-refractivity contribution in [3.8, 4) is 5.82 Å². The third kappa shape index (κ3) is 3.17. The number of hydrogen-bond acceptors (Lipinski definition) is 5. The van der Waals surface area contributed by atoms with E-state index in [1.54, 1.807) is 23.4 Å². The molecule has 3 aromatic rings. The van der Waals surface area contributed by atoms with Gasteiger partial charge in [-0.15, -0.1) is 0 Å². The molecule has 2 aromatic heterocycles. The minimum absolute atomic E-state index is 0.616. The standard InChI is InChI=1S/C14H13ClN6/c1-10-4-11(2-3-12(10)15)5-18-13-6-16-7-14(20-13)21-9-17-8-19-21/h2-4,6-9H,5H2,1H3,(H,18,20). The number of nitrogens with zero attached hydrogens (tertiary/aromatic N) is 5. The summed E-state index contributed by atoms with van der Waals surface area (Å²) in [4.78, 5) is 12.5. The van der Waals surface area contributed by atoms with E-state index in [1.165, 1.54) is 6.33 Å². The minimum Gasteiger partial charge on any atom is -0.365 e. The number of rotatable bonds is 4. The van der Waals surface area contributed by atoms with Crippen LogP contribution < -0.4 is 5.32 Å². The second-order valence-electron chi connectivity index (χ2n) is 4.54. The van der Waals surface area contributed by atoms with Gasteiger partial charge in [0, 0.05) is 11.6 Å². The average molecular weight is 301 g/mol. The molecule has 3 rings (SSSR count). The quantitative estimate of drug-likeness (QED) is 0.802. The maximum atomic E-state index is 6.02. The first-order valence-corrected chi connectivity index (χ1v) is 6.76. The number of nitrogens with one attached hydrogen (secondary N) is 1. The van der Waals surface area contributed by atoms with Gasteiger partial charge in [-0.3, -0.25) is 4.98 Å². The van der Waals surface area contributed by atoms with Gasteiger partial charge in [-0.2, -0.15) is 5.10 Å². The number of benzene rings is 1. The molecule has 1 aromatic carbocycles. The Kier molecular flexibility index (Phi) is 3.79. The third-order valence-corrected chi connectivity index (χ3v) is 3.40. The van der Waals surface area contributed by atoms with E-state index in [-0.39, 0.29) is 0 Å². The molecule has 0 unspecified atom stereocenters. The average Bonchev–Trinajstić information content (AvgIpc) is 3.03. The zero-order valence-electron chi connectivity index (χ0n) is 11.4. The van der Waals surface area contributed by atoms with Gasteiger partial charge < -0.3 is 5.32 Å². The van der Waals surface area contributed by atoms with Crippen molar-refractivity contribution >= 4 is 17.4 Å². The van der Waals surface area contributed by atoms with Crippen molar-refractivity contribution in [2.45, 2.75) is 13.5 Å². The van der Waals surface area contributed by atoms with Gasteiger partial charge in [0.1, 0.15) is 18.5 Å². The summed E-state index contributed by atoms with van der Waals surface area (Å²) in [7, 11) is 0. The van der Waals surface area contributed by atoms with Crippen LogP contribution in [0.4, 0.5) is 5.82 Å². The largest absolute Gasteiger partial charge is 0.365 e. The van der Waals surface area contributed by atoms with Gasteiger partial charge >= 0.3 is 0 Å². The van der Waals surface area contributed by atoms with Crippen LogP contribution in [0.2, 0.25) is 5.02 Å². The van der Waals surface area contributed by atoms with Crippen molar-refractivity contribution in [3.63, 3.8) is 0 Å². The van der Waals surface area contributed by atoms with Crippen LogP contribution in [0.15, 0.2) is 43.2 Å². The number of hydrogen-bond donors (Lipinski definition) is 1. The molecular weight excluding hydrogens is 288 g/mol. The van der Waals surface area contributed by atoms with Gasteiger partial charge in [0.05, 0.1) is 12.4 Å². The fourth-order valence-corrected chi connectivity index (χ4v) is 2.00. The molecule has 0 spiro atoms. The van der Waals surface area contributed by atoms with Crippen LogP contribution in [-0.2, 0) is 6.54 Å². The Morgan fingerprint density at radius 2 is 2.14 bits per heavy atom. The molecular formula is C14H13ClN6. The normalized spacial score (nSPS) is 10.6. The number of halogens is 1. The Labute approximate surface area is 126 Å². The lowest BCUT2D eigenvalue weighted by atomic mass is 10.1. The summed E-state index contributed by atoms with van der Waals surface area (Å²) in [5, 5.41) is 8.03. The van der Waals surface area contributed by atoms with Crippen LogP contribution >= 0.6 is 11.6 Å². The molecule has 6 nitrogen and oxygen atoms in total. The van der Waals surface area contributed by atoms with E-state index in [0.717, 1.165) is 16.1 Å². The zero-order chi connectivity index (χ0) is 14.7. The Bertz CT molecular complexity index is 741. The summed E-state index contributed by atoms with van der Waals surface area (Å²) >= 11 is 6.02. The molecule has 0 amide bonds. The fourth-order valence-electron chi connectivity index (χ4n) is 1.89. The molecule has 1 N–H and O–H groups in total. The van der Waals surface area contributed by atoms with E-state index in [4.69, 9.17) is 11.6 Å². The molecule has 21 heavy (non-hydrogen) atoms. The van der Waals surface area contributed by atoms with Crippen LogP contribution in [-0.4, -0.2) is 24.7 Å². The number of anilines is 1. The van der Waals surface area contributed by atoms with Crippen LogP contribution in [0.25, 0.3) is 5.82 Å². The van der Waals surface area contributed by atoms with Crippen molar-refractivity contribution in [1.29, 1.82) is 0 Å². The molecule has 0 aliphatic rings. The van der Waals surface area contributed by atoms with Crippen LogP contribution in [0.3, 0.4) is 0 Å². The first kappa shape index (κ1) is 13.5.